The van der Waals surface area contributed by atoms with Crippen LogP contribution in [0.3, 0.4) is 0 Å². The number of rotatable bonds is 5. The van der Waals surface area contributed by atoms with Crippen molar-refractivity contribution >= 4 is 0 Å². The third-order valence-corrected chi connectivity index (χ3v) is 2.90. The average Bonchev–Trinajstić information content (AvgIpc) is 2.42. The van der Waals surface area contributed by atoms with Gasteiger partial charge in [-0.2, -0.15) is 0 Å². The molecule has 1 N–H and O–H groups in total. The van der Waals surface area contributed by atoms with E-state index in [0.29, 0.717) is 13.0 Å². The van der Waals surface area contributed by atoms with Crippen LogP contribution in [0.25, 0.3) is 0 Å². The third-order valence-electron chi connectivity index (χ3n) is 2.90. The third kappa shape index (κ3) is 3.80. The van der Waals surface area contributed by atoms with Gasteiger partial charge < -0.3 is 9.84 Å². The Hall–Kier alpha value is -1.87. The van der Waals surface area contributed by atoms with Gasteiger partial charge in [0.1, 0.15) is 11.6 Å². The molecule has 1 unspecified atom stereocenters. The topological polar surface area (TPSA) is 29.5 Å². The molecule has 0 fully saturated rings. The van der Waals surface area contributed by atoms with Crippen molar-refractivity contribution in [2.45, 2.75) is 19.4 Å². The van der Waals surface area contributed by atoms with Crippen LogP contribution in [0.15, 0.2) is 48.5 Å². The molecule has 0 heterocycles. The van der Waals surface area contributed by atoms with Crippen molar-refractivity contribution in [3.8, 4) is 5.75 Å². The minimum atomic E-state index is -0.620. The largest absolute Gasteiger partial charge is 0.494 e. The van der Waals surface area contributed by atoms with E-state index >= 15 is 0 Å². The summed E-state index contributed by atoms with van der Waals surface area (Å²) in [5, 5.41) is 10.2. The first-order valence-corrected chi connectivity index (χ1v) is 6.34. The van der Waals surface area contributed by atoms with Gasteiger partial charge in [0.05, 0.1) is 12.7 Å². The fourth-order valence-corrected chi connectivity index (χ4v) is 1.94. The summed E-state index contributed by atoms with van der Waals surface area (Å²) in [6, 6.07) is 13.6. The first-order valence-electron chi connectivity index (χ1n) is 6.34. The molecule has 2 aromatic rings. The molecule has 2 aromatic carbocycles. The Morgan fingerprint density at radius 3 is 2.58 bits per heavy atom. The lowest BCUT2D eigenvalue weighted by Gasteiger charge is -2.12. The molecular weight excluding hydrogens is 243 g/mol. The number of hydrogen-bond donors (Lipinski definition) is 1. The minimum Gasteiger partial charge on any atom is -0.494 e. The van der Waals surface area contributed by atoms with Crippen LogP contribution < -0.4 is 4.74 Å². The van der Waals surface area contributed by atoms with Crippen molar-refractivity contribution < 1.29 is 14.2 Å². The zero-order valence-electron chi connectivity index (χ0n) is 10.8. The summed E-state index contributed by atoms with van der Waals surface area (Å²) in [7, 11) is 0. The summed E-state index contributed by atoms with van der Waals surface area (Å²) >= 11 is 0. The van der Waals surface area contributed by atoms with Gasteiger partial charge in [-0.3, -0.25) is 0 Å². The first kappa shape index (κ1) is 13.6. The van der Waals surface area contributed by atoms with Crippen LogP contribution in [0.4, 0.5) is 4.39 Å². The molecule has 2 rings (SSSR count). The highest BCUT2D eigenvalue weighted by Gasteiger charge is 2.09. The molecule has 19 heavy (non-hydrogen) atoms. The molecule has 0 aliphatic carbocycles. The summed E-state index contributed by atoms with van der Waals surface area (Å²) in [5.74, 6) is 0.481. The molecule has 0 aromatic heterocycles. The van der Waals surface area contributed by atoms with Gasteiger partial charge in [0.2, 0.25) is 0 Å². The molecule has 0 saturated carbocycles. The molecule has 1 atom stereocenters. The van der Waals surface area contributed by atoms with E-state index in [0.717, 1.165) is 16.9 Å². The quantitative estimate of drug-likeness (QED) is 0.891. The van der Waals surface area contributed by atoms with E-state index in [2.05, 4.69) is 0 Å². The van der Waals surface area contributed by atoms with Crippen LogP contribution in [-0.2, 0) is 6.42 Å². The van der Waals surface area contributed by atoms with E-state index in [4.69, 9.17) is 4.74 Å². The molecule has 0 bridgehead atoms. The van der Waals surface area contributed by atoms with E-state index in [9.17, 15) is 9.50 Å². The zero-order valence-corrected chi connectivity index (χ0v) is 10.8. The molecule has 100 valence electrons. The Labute approximate surface area is 112 Å². The second kappa shape index (κ2) is 6.34. The molecule has 0 amide bonds. The first-order chi connectivity index (χ1) is 9.19. The normalized spacial score (nSPS) is 12.2. The average molecular weight is 260 g/mol. The number of aliphatic hydroxyl groups excluding tert-OH is 1. The van der Waals surface area contributed by atoms with Crippen molar-refractivity contribution in [3.05, 3.63) is 65.5 Å². The van der Waals surface area contributed by atoms with Gasteiger partial charge in [0.15, 0.2) is 0 Å². The number of hydrogen-bond acceptors (Lipinski definition) is 2. The van der Waals surface area contributed by atoms with E-state index in [1.807, 2.05) is 31.2 Å². The molecule has 0 saturated heterocycles. The second-order valence-electron chi connectivity index (χ2n) is 4.35. The summed E-state index contributed by atoms with van der Waals surface area (Å²) in [6.07, 6.45) is -0.165. The van der Waals surface area contributed by atoms with Crippen LogP contribution in [0.1, 0.15) is 24.2 Å². The molecule has 0 aliphatic rings. The van der Waals surface area contributed by atoms with Crippen LogP contribution >= 0.6 is 0 Å². The van der Waals surface area contributed by atoms with Gasteiger partial charge in [0.25, 0.3) is 0 Å². The van der Waals surface area contributed by atoms with Gasteiger partial charge in [-0.05, 0) is 42.3 Å². The van der Waals surface area contributed by atoms with Crippen LogP contribution in [0, 0.1) is 5.82 Å². The maximum absolute atomic E-state index is 12.8. The van der Waals surface area contributed by atoms with Gasteiger partial charge in [-0.25, -0.2) is 4.39 Å². The SMILES string of the molecule is CCOc1cccc(C(O)Cc2ccc(F)cc2)c1. The van der Waals surface area contributed by atoms with Gasteiger partial charge in [-0.1, -0.05) is 24.3 Å². The van der Waals surface area contributed by atoms with Crippen molar-refractivity contribution in [3.63, 3.8) is 0 Å². The summed E-state index contributed by atoms with van der Waals surface area (Å²) < 4.78 is 18.2. The van der Waals surface area contributed by atoms with E-state index < -0.39 is 6.10 Å². The van der Waals surface area contributed by atoms with Crippen molar-refractivity contribution in [2.75, 3.05) is 6.61 Å². The monoisotopic (exact) mass is 260 g/mol. The lowest BCUT2D eigenvalue weighted by Crippen LogP contribution is -2.02. The van der Waals surface area contributed by atoms with Gasteiger partial charge in [-0.15, -0.1) is 0 Å². The predicted octanol–water partition coefficient (Wildman–Crippen LogP) is 3.50. The Morgan fingerprint density at radius 1 is 1.16 bits per heavy atom. The fraction of sp³-hybridized carbons (Fsp3) is 0.250. The second-order valence-corrected chi connectivity index (χ2v) is 4.35. The molecule has 0 aliphatic heterocycles. The maximum atomic E-state index is 12.8. The van der Waals surface area contributed by atoms with Crippen molar-refractivity contribution in [1.29, 1.82) is 0 Å². The summed E-state index contributed by atoms with van der Waals surface area (Å²) in [5.41, 5.74) is 1.70. The Balaban J connectivity index is 2.08. The zero-order chi connectivity index (χ0) is 13.7. The van der Waals surface area contributed by atoms with Gasteiger partial charge >= 0.3 is 0 Å². The highest BCUT2D eigenvalue weighted by molar-refractivity contribution is 5.31. The Bertz CT molecular complexity index is 523. The standard InChI is InChI=1S/C16H17FO2/c1-2-19-15-5-3-4-13(11-15)16(18)10-12-6-8-14(17)9-7-12/h3-9,11,16,18H,2,10H2,1H3. The smallest absolute Gasteiger partial charge is 0.123 e. The lowest BCUT2D eigenvalue weighted by molar-refractivity contribution is 0.178. The number of halogens is 1. The Morgan fingerprint density at radius 2 is 1.89 bits per heavy atom. The number of ether oxygens (including phenoxy) is 1. The molecule has 2 nitrogen and oxygen atoms in total. The summed E-state index contributed by atoms with van der Waals surface area (Å²) in [4.78, 5) is 0. The van der Waals surface area contributed by atoms with E-state index in [1.54, 1.807) is 12.1 Å². The van der Waals surface area contributed by atoms with E-state index in [1.165, 1.54) is 12.1 Å². The molecule has 0 radical (unpaired) electrons. The number of benzene rings is 2. The minimum absolute atomic E-state index is 0.267. The highest BCUT2D eigenvalue weighted by atomic mass is 19.1. The predicted molar refractivity (Wildman–Crippen MR) is 72.7 cm³/mol. The maximum Gasteiger partial charge on any atom is 0.123 e. The van der Waals surface area contributed by atoms with E-state index in [-0.39, 0.29) is 5.82 Å². The molecule has 3 heteroatoms. The van der Waals surface area contributed by atoms with Crippen molar-refractivity contribution in [2.24, 2.45) is 0 Å². The number of aliphatic hydroxyl groups is 1. The molecule has 0 spiro atoms. The van der Waals surface area contributed by atoms with Crippen molar-refractivity contribution in [1.82, 2.24) is 0 Å². The fourth-order valence-electron chi connectivity index (χ4n) is 1.94. The van der Waals surface area contributed by atoms with Crippen LogP contribution in [0.2, 0.25) is 0 Å². The Kier molecular flexibility index (Phi) is 4.53. The highest BCUT2D eigenvalue weighted by Crippen LogP contribution is 2.22. The van der Waals surface area contributed by atoms with Gasteiger partial charge in [0, 0.05) is 6.42 Å². The van der Waals surface area contributed by atoms with Crippen LogP contribution in [-0.4, -0.2) is 11.7 Å². The molecular formula is C16H17FO2. The van der Waals surface area contributed by atoms with Crippen LogP contribution in [0.5, 0.6) is 5.75 Å². The summed E-state index contributed by atoms with van der Waals surface area (Å²) in [6.45, 7) is 2.51. The lowest BCUT2D eigenvalue weighted by atomic mass is 10.0.